The number of carbonyl (C=O) groups is 2. The predicted molar refractivity (Wildman–Crippen MR) is 55.2 cm³/mol. The maximum Gasteiger partial charge on any atom is 0.329 e. The summed E-state index contributed by atoms with van der Waals surface area (Å²) in [6, 6.07) is 6.03. The quantitative estimate of drug-likeness (QED) is 0.702. The Morgan fingerprint density at radius 1 is 1.25 bits per heavy atom. The molecule has 3 N–H and O–H groups in total. The van der Waals surface area contributed by atoms with Gasteiger partial charge in [-0.15, -0.1) is 0 Å². The zero-order valence-electron chi connectivity index (χ0n) is 8.43. The summed E-state index contributed by atoms with van der Waals surface area (Å²) in [5, 5.41) is 20.7. The van der Waals surface area contributed by atoms with Crippen LogP contribution in [0.15, 0.2) is 24.3 Å². The van der Waals surface area contributed by atoms with Gasteiger partial charge in [-0.05, 0) is 25.0 Å². The zero-order valence-corrected chi connectivity index (χ0v) is 8.43. The van der Waals surface area contributed by atoms with Crippen LogP contribution in [0.1, 0.15) is 23.2 Å². The molecule has 0 unspecified atom stereocenters. The van der Waals surface area contributed by atoms with Crippen LogP contribution in [0.5, 0.6) is 5.75 Å². The molecule has 1 aliphatic rings. The number of amides is 1. The Morgan fingerprint density at radius 3 is 2.38 bits per heavy atom. The standard InChI is InChI=1S/C11H11NO4/c13-8-4-2-1-3-7(8)9(14)12-11(5-6-11)10(15)16/h1-4,13H,5-6H2,(H,12,14)(H,15,16). The third-order valence-electron chi connectivity index (χ3n) is 2.66. The molecule has 0 aliphatic heterocycles. The molecule has 0 aromatic heterocycles. The highest BCUT2D eigenvalue weighted by molar-refractivity contribution is 6.00. The molecule has 0 spiro atoms. The highest BCUT2D eigenvalue weighted by atomic mass is 16.4. The lowest BCUT2D eigenvalue weighted by molar-refractivity contribution is -0.140. The molecular weight excluding hydrogens is 210 g/mol. The second kappa shape index (κ2) is 3.52. The van der Waals surface area contributed by atoms with Gasteiger partial charge >= 0.3 is 5.97 Å². The lowest BCUT2D eigenvalue weighted by Crippen LogP contribution is -2.43. The second-order valence-corrected chi connectivity index (χ2v) is 3.86. The number of hydrogen-bond donors (Lipinski definition) is 3. The van der Waals surface area contributed by atoms with Crippen LogP contribution in [0, 0.1) is 0 Å². The lowest BCUT2D eigenvalue weighted by atomic mass is 10.1. The monoisotopic (exact) mass is 221 g/mol. The molecule has 0 bridgehead atoms. The first-order valence-electron chi connectivity index (χ1n) is 4.89. The molecule has 2 rings (SSSR count). The summed E-state index contributed by atoms with van der Waals surface area (Å²) in [6.45, 7) is 0. The summed E-state index contributed by atoms with van der Waals surface area (Å²) < 4.78 is 0. The minimum Gasteiger partial charge on any atom is -0.507 e. The largest absolute Gasteiger partial charge is 0.507 e. The fourth-order valence-electron chi connectivity index (χ4n) is 1.47. The van der Waals surface area contributed by atoms with Gasteiger partial charge in [-0.1, -0.05) is 12.1 Å². The topological polar surface area (TPSA) is 86.6 Å². The average molecular weight is 221 g/mol. The fraction of sp³-hybridized carbons (Fsp3) is 0.273. The van der Waals surface area contributed by atoms with E-state index in [0.717, 1.165) is 0 Å². The van der Waals surface area contributed by atoms with E-state index in [0.29, 0.717) is 12.8 Å². The minimum atomic E-state index is -1.13. The van der Waals surface area contributed by atoms with Crippen molar-refractivity contribution in [3.63, 3.8) is 0 Å². The van der Waals surface area contributed by atoms with E-state index in [1.807, 2.05) is 0 Å². The first kappa shape index (κ1) is 10.5. The summed E-state index contributed by atoms with van der Waals surface area (Å²) in [5.74, 6) is -1.74. The van der Waals surface area contributed by atoms with Gasteiger partial charge in [0.1, 0.15) is 11.3 Å². The molecule has 5 heteroatoms. The number of hydrogen-bond acceptors (Lipinski definition) is 3. The number of carbonyl (C=O) groups excluding carboxylic acids is 1. The molecule has 0 saturated heterocycles. The van der Waals surface area contributed by atoms with E-state index in [2.05, 4.69) is 5.32 Å². The first-order chi connectivity index (χ1) is 7.55. The smallest absolute Gasteiger partial charge is 0.329 e. The third-order valence-corrected chi connectivity index (χ3v) is 2.66. The molecule has 1 fully saturated rings. The summed E-state index contributed by atoms with van der Waals surface area (Å²) in [4.78, 5) is 22.5. The summed E-state index contributed by atoms with van der Waals surface area (Å²) in [6.07, 6.45) is 0.864. The number of aliphatic carboxylic acids is 1. The molecule has 16 heavy (non-hydrogen) atoms. The van der Waals surface area contributed by atoms with Crippen LogP contribution in [0.25, 0.3) is 0 Å². The van der Waals surface area contributed by atoms with Crippen molar-refractivity contribution < 1.29 is 19.8 Å². The van der Waals surface area contributed by atoms with E-state index in [1.165, 1.54) is 12.1 Å². The number of phenolic OH excluding ortho intramolecular Hbond substituents is 1. The van der Waals surface area contributed by atoms with Crippen molar-refractivity contribution in [1.29, 1.82) is 0 Å². The highest BCUT2D eigenvalue weighted by Gasteiger charge is 2.51. The number of rotatable bonds is 3. The van der Waals surface area contributed by atoms with Crippen LogP contribution in [-0.2, 0) is 4.79 Å². The molecule has 84 valence electrons. The molecule has 1 aromatic carbocycles. The fourth-order valence-corrected chi connectivity index (χ4v) is 1.47. The van der Waals surface area contributed by atoms with Crippen LogP contribution in [0.4, 0.5) is 0 Å². The van der Waals surface area contributed by atoms with E-state index in [4.69, 9.17) is 5.11 Å². The van der Waals surface area contributed by atoms with E-state index in [-0.39, 0.29) is 11.3 Å². The maximum absolute atomic E-state index is 11.7. The molecule has 0 radical (unpaired) electrons. The van der Waals surface area contributed by atoms with Crippen LogP contribution in [0.2, 0.25) is 0 Å². The van der Waals surface area contributed by atoms with Gasteiger partial charge < -0.3 is 15.5 Å². The summed E-state index contributed by atoms with van der Waals surface area (Å²) >= 11 is 0. The van der Waals surface area contributed by atoms with Crippen LogP contribution in [0.3, 0.4) is 0 Å². The van der Waals surface area contributed by atoms with E-state index in [9.17, 15) is 14.7 Å². The summed E-state index contributed by atoms with van der Waals surface area (Å²) in [5.41, 5.74) is -1.03. The lowest BCUT2D eigenvalue weighted by Gasteiger charge is -2.12. The van der Waals surface area contributed by atoms with E-state index >= 15 is 0 Å². The van der Waals surface area contributed by atoms with Gasteiger partial charge in [-0.25, -0.2) is 4.79 Å². The Labute approximate surface area is 91.7 Å². The van der Waals surface area contributed by atoms with E-state index < -0.39 is 17.4 Å². The third kappa shape index (κ3) is 1.71. The van der Waals surface area contributed by atoms with Crippen molar-refractivity contribution in [3.8, 4) is 5.75 Å². The van der Waals surface area contributed by atoms with Gasteiger partial charge in [-0.2, -0.15) is 0 Å². The van der Waals surface area contributed by atoms with Crippen molar-refractivity contribution in [2.24, 2.45) is 0 Å². The molecule has 1 aromatic rings. The Kier molecular flexibility index (Phi) is 2.30. The molecule has 1 aliphatic carbocycles. The Hall–Kier alpha value is -2.04. The molecule has 0 heterocycles. The molecule has 1 amide bonds. The van der Waals surface area contributed by atoms with Gasteiger partial charge in [0.2, 0.25) is 0 Å². The Bertz CT molecular complexity index is 451. The number of para-hydroxylation sites is 1. The number of carboxylic acid groups (broad SMARTS) is 1. The SMILES string of the molecule is O=C(NC1(C(=O)O)CC1)c1ccccc1O. The number of carboxylic acids is 1. The number of phenols is 1. The van der Waals surface area contributed by atoms with Crippen LogP contribution in [-0.4, -0.2) is 27.6 Å². The van der Waals surface area contributed by atoms with Gasteiger partial charge in [0.05, 0.1) is 5.56 Å². The maximum atomic E-state index is 11.7. The molecule has 1 saturated carbocycles. The first-order valence-corrected chi connectivity index (χ1v) is 4.89. The summed E-state index contributed by atoms with van der Waals surface area (Å²) in [7, 11) is 0. The van der Waals surface area contributed by atoms with Crippen molar-refractivity contribution >= 4 is 11.9 Å². The van der Waals surface area contributed by atoms with Crippen molar-refractivity contribution in [3.05, 3.63) is 29.8 Å². The van der Waals surface area contributed by atoms with Crippen molar-refractivity contribution in [1.82, 2.24) is 5.32 Å². The van der Waals surface area contributed by atoms with Gasteiger partial charge in [0.15, 0.2) is 0 Å². The number of aromatic hydroxyl groups is 1. The zero-order chi connectivity index (χ0) is 11.8. The second-order valence-electron chi connectivity index (χ2n) is 3.86. The molecule has 5 nitrogen and oxygen atoms in total. The van der Waals surface area contributed by atoms with Crippen molar-refractivity contribution in [2.75, 3.05) is 0 Å². The van der Waals surface area contributed by atoms with Gasteiger partial charge in [0, 0.05) is 0 Å². The normalized spacial score (nSPS) is 16.5. The number of nitrogens with one attached hydrogen (secondary N) is 1. The van der Waals surface area contributed by atoms with Crippen LogP contribution < -0.4 is 5.32 Å². The minimum absolute atomic E-state index is 0.0926. The molecular formula is C11H11NO4. The highest BCUT2D eigenvalue weighted by Crippen LogP contribution is 2.36. The number of benzene rings is 1. The Balaban J connectivity index is 2.16. The van der Waals surface area contributed by atoms with Crippen LogP contribution >= 0.6 is 0 Å². The Morgan fingerprint density at radius 2 is 1.88 bits per heavy atom. The van der Waals surface area contributed by atoms with Gasteiger partial charge in [0.25, 0.3) is 5.91 Å². The molecule has 0 atom stereocenters. The predicted octanol–water partition coefficient (Wildman–Crippen LogP) is 0.739. The van der Waals surface area contributed by atoms with Gasteiger partial charge in [-0.3, -0.25) is 4.79 Å². The van der Waals surface area contributed by atoms with Crippen molar-refractivity contribution in [2.45, 2.75) is 18.4 Å². The average Bonchev–Trinajstić information content (AvgIpc) is 2.99. The van der Waals surface area contributed by atoms with E-state index in [1.54, 1.807) is 12.1 Å².